The molecular formula is C32H37F2N3O3. The van der Waals surface area contributed by atoms with Gasteiger partial charge in [-0.05, 0) is 69.2 Å². The van der Waals surface area contributed by atoms with Crippen LogP contribution >= 0.6 is 0 Å². The molecule has 3 aliphatic rings. The number of aliphatic hydroxyl groups excluding tert-OH is 1. The molecule has 1 aliphatic carbocycles. The van der Waals surface area contributed by atoms with Gasteiger partial charge in [0.25, 0.3) is 0 Å². The Hall–Kier alpha value is -3.62. The van der Waals surface area contributed by atoms with E-state index < -0.39 is 11.9 Å². The van der Waals surface area contributed by atoms with Crippen LogP contribution in [0.4, 0.5) is 8.78 Å². The van der Waals surface area contributed by atoms with E-state index in [0.717, 1.165) is 28.4 Å². The molecule has 2 atom stereocenters. The third-order valence-electron chi connectivity index (χ3n) is 7.51. The predicted molar refractivity (Wildman–Crippen MR) is 154 cm³/mol. The third-order valence-corrected chi connectivity index (χ3v) is 7.51. The number of aliphatic hydroxyl groups is 2. The van der Waals surface area contributed by atoms with E-state index in [-0.39, 0.29) is 18.3 Å². The molecule has 2 N–H and O–H groups in total. The van der Waals surface area contributed by atoms with Gasteiger partial charge >= 0.3 is 0 Å². The second-order valence-corrected chi connectivity index (χ2v) is 10.3. The lowest BCUT2D eigenvalue weighted by molar-refractivity contribution is -0.0464. The maximum atomic E-state index is 14.4. The van der Waals surface area contributed by atoms with Gasteiger partial charge < -0.3 is 20.0 Å². The van der Waals surface area contributed by atoms with Crippen molar-refractivity contribution in [2.24, 2.45) is 10.1 Å². The lowest BCUT2D eigenvalue weighted by Gasteiger charge is -2.33. The average molecular weight is 550 g/mol. The monoisotopic (exact) mass is 549 g/mol. The van der Waals surface area contributed by atoms with Crippen molar-refractivity contribution in [3.63, 3.8) is 0 Å². The first-order chi connectivity index (χ1) is 19.3. The van der Waals surface area contributed by atoms with Crippen LogP contribution in [0.1, 0.15) is 63.0 Å². The SMILES string of the molecule is C=CC(C/C=C/F)N1C(=C)/C=C/C=C(C2=NOC3(CCc4c(F)cccc43)C2)\C=C(/C)N=C1CCCCC(O)O. The summed E-state index contributed by atoms with van der Waals surface area (Å²) in [6.45, 7) is 10.1. The van der Waals surface area contributed by atoms with E-state index in [0.29, 0.717) is 62.5 Å². The van der Waals surface area contributed by atoms with Gasteiger partial charge in [-0.1, -0.05) is 48.2 Å². The van der Waals surface area contributed by atoms with Crippen molar-refractivity contribution in [3.05, 3.63) is 108 Å². The number of benzene rings is 1. The van der Waals surface area contributed by atoms with Crippen LogP contribution in [0.5, 0.6) is 0 Å². The minimum Gasteiger partial charge on any atom is -0.384 e. The van der Waals surface area contributed by atoms with E-state index in [2.05, 4.69) is 18.3 Å². The zero-order valence-electron chi connectivity index (χ0n) is 22.9. The van der Waals surface area contributed by atoms with Gasteiger partial charge in [0.05, 0.1) is 18.1 Å². The molecule has 0 aromatic heterocycles. The topological polar surface area (TPSA) is 77.7 Å². The molecule has 0 saturated carbocycles. The molecule has 0 radical (unpaired) electrons. The summed E-state index contributed by atoms with van der Waals surface area (Å²) in [6, 6.07) is 4.84. The number of hydrogen-bond acceptors (Lipinski definition) is 6. The summed E-state index contributed by atoms with van der Waals surface area (Å²) >= 11 is 0. The van der Waals surface area contributed by atoms with E-state index in [1.54, 1.807) is 12.1 Å². The molecule has 212 valence electrons. The Kier molecular flexibility index (Phi) is 9.66. The van der Waals surface area contributed by atoms with Crippen LogP contribution in [0.25, 0.3) is 0 Å². The lowest BCUT2D eigenvalue weighted by Crippen LogP contribution is -2.37. The van der Waals surface area contributed by atoms with Crippen molar-refractivity contribution < 1.29 is 23.8 Å². The average Bonchev–Trinajstić information content (AvgIpc) is 3.52. The van der Waals surface area contributed by atoms with Gasteiger partial charge in [0.2, 0.25) is 0 Å². The Morgan fingerprint density at radius 2 is 2.10 bits per heavy atom. The van der Waals surface area contributed by atoms with Crippen LogP contribution in [0.2, 0.25) is 0 Å². The zero-order valence-corrected chi connectivity index (χ0v) is 22.9. The molecule has 0 saturated heterocycles. The highest BCUT2D eigenvalue weighted by Crippen LogP contribution is 2.47. The molecule has 8 heteroatoms. The minimum absolute atomic E-state index is 0.207. The van der Waals surface area contributed by atoms with Crippen molar-refractivity contribution in [3.8, 4) is 0 Å². The maximum absolute atomic E-state index is 14.4. The molecule has 2 unspecified atom stereocenters. The fourth-order valence-electron chi connectivity index (χ4n) is 5.55. The molecular weight excluding hydrogens is 512 g/mol. The number of fused-ring (bicyclic) bond motifs is 2. The number of halogens is 2. The third kappa shape index (κ3) is 6.57. The number of oxime groups is 1. The minimum atomic E-state index is -1.36. The van der Waals surface area contributed by atoms with E-state index in [1.807, 2.05) is 42.2 Å². The van der Waals surface area contributed by atoms with Crippen molar-refractivity contribution in [2.45, 2.75) is 76.2 Å². The summed E-state index contributed by atoms with van der Waals surface area (Å²) in [6.07, 6.45) is 14.2. The second kappa shape index (κ2) is 13.2. The van der Waals surface area contributed by atoms with E-state index in [9.17, 15) is 19.0 Å². The second-order valence-electron chi connectivity index (χ2n) is 10.3. The van der Waals surface area contributed by atoms with Crippen molar-refractivity contribution in [1.82, 2.24) is 4.90 Å². The number of nitrogens with zero attached hydrogens (tertiary/aromatic N) is 3. The molecule has 1 spiro atoms. The van der Waals surface area contributed by atoms with Crippen LogP contribution in [0.3, 0.4) is 0 Å². The molecule has 40 heavy (non-hydrogen) atoms. The van der Waals surface area contributed by atoms with Gasteiger partial charge in [-0.3, -0.25) is 0 Å². The maximum Gasteiger partial charge on any atom is 0.169 e. The Bertz CT molecular complexity index is 1310. The summed E-state index contributed by atoms with van der Waals surface area (Å²) in [5.41, 5.74) is 3.87. The first-order valence-electron chi connectivity index (χ1n) is 13.7. The molecule has 1 aromatic rings. The molecule has 4 rings (SSSR count). The Morgan fingerprint density at radius 1 is 1.27 bits per heavy atom. The van der Waals surface area contributed by atoms with Crippen LogP contribution in [0.15, 0.2) is 101 Å². The normalized spacial score (nSPS) is 25.1. The van der Waals surface area contributed by atoms with Crippen molar-refractivity contribution >= 4 is 11.5 Å². The summed E-state index contributed by atoms with van der Waals surface area (Å²) in [7, 11) is 0. The van der Waals surface area contributed by atoms with Gasteiger partial charge in [0.1, 0.15) is 11.7 Å². The van der Waals surface area contributed by atoms with Gasteiger partial charge in [-0.25, -0.2) is 13.8 Å². The highest BCUT2D eigenvalue weighted by atomic mass is 19.1. The number of unbranched alkanes of at least 4 members (excludes halogenated alkanes) is 1. The standard InChI is InChI=1S/C32H37F2N3O3/c1-4-25(12-9-19-33)37-23(3)10-7-11-24(20-22(2)35-30(37)15-5-6-16-31(38)39)29-21-32(40-36-29)18-17-26-27(32)13-8-14-28(26)34/h4,7-11,13-14,19-20,25,31,38-39H,1,3,5-6,12,15-18,21H2,2H3/b10-7+,19-9+,22-20+,24-11+,35-30?. The van der Waals surface area contributed by atoms with E-state index >= 15 is 0 Å². The van der Waals surface area contributed by atoms with Crippen molar-refractivity contribution in [1.29, 1.82) is 0 Å². The quantitative estimate of drug-likeness (QED) is 0.194. The smallest absolute Gasteiger partial charge is 0.169 e. The highest BCUT2D eigenvalue weighted by Gasteiger charge is 2.47. The van der Waals surface area contributed by atoms with Crippen LogP contribution in [-0.4, -0.2) is 39.0 Å². The molecule has 0 amide bonds. The summed E-state index contributed by atoms with van der Waals surface area (Å²) in [5.74, 6) is 0.511. The molecule has 1 aromatic carbocycles. The van der Waals surface area contributed by atoms with Crippen molar-refractivity contribution in [2.75, 3.05) is 0 Å². The fourth-order valence-corrected chi connectivity index (χ4v) is 5.55. The van der Waals surface area contributed by atoms with Crippen LogP contribution in [-0.2, 0) is 16.9 Å². The van der Waals surface area contributed by atoms with E-state index in [1.165, 1.54) is 12.1 Å². The number of aliphatic imine (C=N–C) groups is 1. The lowest BCUT2D eigenvalue weighted by atomic mass is 9.88. The van der Waals surface area contributed by atoms with Crippen LogP contribution in [0, 0.1) is 5.82 Å². The van der Waals surface area contributed by atoms with Gasteiger partial charge in [0, 0.05) is 35.4 Å². The molecule has 2 heterocycles. The van der Waals surface area contributed by atoms with E-state index in [4.69, 9.17) is 9.83 Å². The fraction of sp³-hybridized carbons (Fsp3) is 0.375. The Labute approximate surface area is 234 Å². The number of allylic oxidation sites excluding steroid dienone is 6. The Balaban J connectivity index is 1.64. The summed E-state index contributed by atoms with van der Waals surface area (Å²) in [4.78, 5) is 12.9. The number of rotatable bonds is 10. The molecule has 0 fully saturated rings. The first-order valence-corrected chi connectivity index (χ1v) is 13.7. The van der Waals surface area contributed by atoms with Gasteiger partial charge in [0.15, 0.2) is 11.9 Å². The van der Waals surface area contributed by atoms with Crippen LogP contribution < -0.4 is 0 Å². The number of hydrogen-bond donors (Lipinski definition) is 2. The molecule has 6 nitrogen and oxygen atoms in total. The van der Waals surface area contributed by atoms with Gasteiger partial charge in [-0.2, -0.15) is 0 Å². The molecule has 2 aliphatic heterocycles. The number of amidine groups is 1. The predicted octanol–water partition coefficient (Wildman–Crippen LogP) is 6.66. The first kappa shape index (κ1) is 29.4. The molecule has 0 bridgehead atoms. The summed E-state index contributed by atoms with van der Waals surface area (Å²) < 4.78 is 27.3. The highest BCUT2D eigenvalue weighted by molar-refractivity contribution is 6.04. The summed E-state index contributed by atoms with van der Waals surface area (Å²) in [5, 5.41) is 23.0. The Morgan fingerprint density at radius 3 is 2.85 bits per heavy atom. The largest absolute Gasteiger partial charge is 0.384 e. The van der Waals surface area contributed by atoms with Gasteiger partial charge in [-0.15, -0.1) is 6.58 Å². The zero-order chi connectivity index (χ0) is 28.7.